The SMILES string of the molecule is CCc1cc[n+](C)c(-c2ccc(-c3ccccc3)cc2C)c1. The average Bonchev–Trinajstić information content (AvgIpc) is 2.56. The Morgan fingerprint density at radius 1 is 0.864 bits per heavy atom. The maximum Gasteiger partial charge on any atom is 0.212 e. The van der Waals surface area contributed by atoms with Gasteiger partial charge >= 0.3 is 0 Å². The molecule has 3 aromatic rings. The molecule has 1 heteroatoms. The highest BCUT2D eigenvalue weighted by molar-refractivity contribution is 5.71. The number of aryl methyl sites for hydroxylation is 3. The lowest BCUT2D eigenvalue weighted by Crippen LogP contribution is -2.30. The molecule has 0 saturated heterocycles. The highest BCUT2D eigenvalue weighted by Crippen LogP contribution is 2.27. The van der Waals surface area contributed by atoms with E-state index in [1.54, 1.807) is 0 Å². The molecule has 0 fully saturated rings. The molecule has 0 N–H and O–H groups in total. The molecule has 0 radical (unpaired) electrons. The van der Waals surface area contributed by atoms with Crippen LogP contribution < -0.4 is 4.57 Å². The van der Waals surface area contributed by atoms with Crippen molar-refractivity contribution in [2.75, 3.05) is 0 Å². The van der Waals surface area contributed by atoms with Gasteiger partial charge in [-0.2, -0.15) is 0 Å². The van der Waals surface area contributed by atoms with E-state index in [4.69, 9.17) is 0 Å². The lowest BCUT2D eigenvalue weighted by Gasteiger charge is -2.09. The Morgan fingerprint density at radius 2 is 1.64 bits per heavy atom. The third kappa shape index (κ3) is 2.80. The van der Waals surface area contributed by atoms with Crippen LogP contribution in [0.2, 0.25) is 0 Å². The highest BCUT2D eigenvalue weighted by Gasteiger charge is 2.13. The van der Waals surface area contributed by atoms with Crippen LogP contribution in [0.4, 0.5) is 0 Å². The molecule has 1 nitrogen and oxygen atoms in total. The molecule has 1 aromatic heterocycles. The molecule has 0 aliphatic heterocycles. The summed E-state index contributed by atoms with van der Waals surface area (Å²) in [5.74, 6) is 0. The molecule has 0 saturated carbocycles. The molecule has 3 rings (SSSR count). The van der Waals surface area contributed by atoms with E-state index >= 15 is 0 Å². The van der Waals surface area contributed by atoms with E-state index in [1.807, 2.05) is 0 Å². The first-order valence-electron chi connectivity index (χ1n) is 7.84. The predicted molar refractivity (Wildman–Crippen MR) is 92.6 cm³/mol. The van der Waals surface area contributed by atoms with Crippen LogP contribution in [0.1, 0.15) is 18.1 Å². The molecular formula is C21H22N+. The molecule has 0 bridgehead atoms. The lowest BCUT2D eigenvalue weighted by atomic mass is 9.97. The quantitative estimate of drug-likeness (QED) is 0.614. The van der Waals surface area contributed by atoms with Gasteiger partial charge in [0.05, 0.1) is 0 Å². The van der Waals surface area contributed by atoms with E-state index < -0.39 is 0 Å². The number of hydrogen-bond donors (Lipinski definition) is 0. The summed E-state index contributed by atoms with van der Waals surface area (Å²) in [6.45, 7) is 4.39. The molecular weight excluding hydrogens is 266 g/mol. The van der Waals surface area contributed by atoms with Crippen molar-refractivity contribution in [3.63, 3.8) is 0 Å². The maximum absolute atomic E-state index is 2.30. The molecule has 0 amide bonds. The van der Waals surface area contributed by atoms with Gasteiger partial charge in [-0.25, -0.2) is 4.57 Å². The summed E-state index contributed by atoms with van der Waals surface area (Å²) in [6, 6.07) is 21.8. The van der Waals surface area contributed by atoms with Crippen molar-refractivity contribution in [1.82, 2.24) is 0 Å². The van der Waals surface area contributed by atoms with Crippen molar-refractivity contribution in [2.45, 2.75) is 20.3 Å². The standard InChI is InChI=1S/C21H22N/c1-4-17-12-13-22(3)21(15-17)20-11-10-19(14-16(20)2)18-8-6-5-7-9-18/h5-15H,4H2,1-3H3/q+1. The van der Waals surface area contributed by atoms with Crippen LogP contribution in [0, 0.1) is 6.92 Å². The van der Waals surface area contributed by atoms with Crippen molar-refractivity contribution in [1.29, 1.82) is 0 Å². The van der Waals surface area contributed by atoms with Gasteiger partial charge < -0.3 is 0 Å². The second-order valence-corrected chi connectivity index (χ2v) is 5.78. The van der Waals surface area contributed by atoms with Crippen LogP contribution in [0.3, 0.4) is 0 Å². The minimum absolute atomic E-state index is 1.06. The van der Waals surface area contributed by atoms with Crippen molar-refractivity contribution >= 4 is 0 Å². The third-order valence-corrected chi connectivity index (χ3v) is 4.23. The topological polar surface area (TPSA) is 3.88 Å². The largest absolute Gasteiger partial charge is 0.212 e. The van der Waals surface area contributed by atoms with Gasteiger partial charge in [0.1, 0.15) is 7.05 Å². The Hall–Kier alpha value is -2.41. The molecule has 22 heavy (non-hydrogen) atoms. The van der Waals surface area contributed by atoms with Gasteiger partial charge in [0, 0.05) is 17.7 Å². The van der Waals surface area contributed by atoms with E-state index in [2.05, 4.69) is 92.3 Å². The van der Waals surface area contributed by atoms with Crippen LogP contribution in [0.5, 0.6) is 0 Å². The predicted octanol–water partition coefficient (Wildman–Crippen LogP) is 4.72. The summed E-state index contributed by atoms with van der Waals surface area (Å²) in [4.78, 5) is 0. The van der Waals surface area contributed by atoms with Gasteiger partial charge in [-0.15, -0.1) is 0 Å². The van der Waals surface area contributed by atoms with Crippen molar-refractivity contribution in [2.24, 2.45) is 7.05 Å². The molecule has 0 aliphatic carbocycles. The molecule has 0 aliphatic rings. The number of nitrogens with zero attached hydrogens (tertiary/aromatic N) is 1. The second kappa shape index (κ2) is 6.15. The van der Waals surface area contributed by atoms with Crippen LogP contribution in [0.25, 0.3) is 22.4 Å². The van der Waals surface area contributed by atoms with Crippen LogP contribution in [0.15, 0.2) is 66.9 Å². The number of aromatic nitrogens is 1. The minimum atomic E-state index is 1.06. The van der Waals surface area contributed by atoms with Crippen molar-refractivity contribution in [3.05, 3.63) is 78.0 Å². The lowest BCUT2D eigenvalue weighted by molar-refractivity contribution is -0.660. The fourth-order valence-electron chi connectivity index (χ4n) is 2.86. The zero-order valence-corrected chi connectivity index (χ0v) is 13.5. The molecule has 2 aromatic carbocycles. The summed E-state index contributed by atoms with van der Waals surface area (Å²) in [5.41, 5.74) is 7.80. The Labute approximate surface area is 132 Å². The van der Waals surface area contributed by atoms with Crippen LogP contribution >= 0.6 is 0 Å². The zero-order chi connectivity index (χ0) is 15.5. The molecule has 0 spiro atoms. The fourth-order valence-corrected chi connectivity index (χ4v) is 2.86. The van der Waals surface area contributed by atoms with E-state index in [9.17, 15) is 0 Å². The van der Waals surface area contributed by atoms with Gasteiger partial charge in [0.2, 0.25) is 5.69 Å². The van der Waals surface area contributed by atoms with Gasteiger partial charge in [0.15, 0.2) is 6.20 Å². The third-order valence-electron chi connectivity index (χ3n) is 4.23. The Kier molecular flexibility index (Phi) is 4.06. The van der Waals surface area contributed by atoms with E-state index in [0.29, 0.717) is 0 Å². The number of benzene rings is 2. The summed E-state index contributed by atoms with van der Waals surface area (Å²) >= 11 is 0. The monoisotopic (exact) mass is 288 g/mol. The molecule has 0 unspecified atom stereocenters. The average molecular weight is 288 g/mol. The van der Waals surface area contributed by atoms with E-state index in [-0.39, 0.29) is 0 Å². The van der Waals surface area contributed by atoms with Gasteiger partial charge in [0.25, 0.3) is 0 Å². The van der Waals surface area contributed by atoms with Crippen LogP contribution in [-0.2, 0) is 13.5 Å². The van der Waals surface area contributed by atoms with E-state index in [0.717, 1.165) is 6.42 Å². The number of hydrogen-bond acceptors (Lipinski definition) is 0. The summed E-state index contributed by atoms with van der Waals surface area (Å²) in [5, 5.41) is 0. The normalized spacial score (nSPS) is 10.7. The van der Waals surface area contributed by atoms with Crippen molar-refractivity contribution < 1.29 is 4.57 Å². The first-order valence-corrected chi connectivity index (χ1v) is 7.84. The van der Waals surface area contributed by atoms with Gasteiger partial charge in [-0.1, -0.05) is 49.4 Å². The maximum atomic E-state index is 2.30. The van der Waals surface area contributed by atoms with Crippen LogP contribution in [-0.4, -0.2) is 0 Å². The zero-order valence-electron chi connectivity index (χ0n) is 13.5. The minimum Gasteiger partial charge on any atom is -0.201 e. The second-order valence-electron chi connectivity index (χ2n) is 5.78. The molecule has 1 heterocycles. The molecule has 0 atom stereocenters. The van der Waals surface area contributed by atoms with Crippen molar-refractivity contribution in [3.8, 4) is 22.4 Å². The fraction of sp³-hybridized carbons (Fsp3) is 0.190. The Bertz CT molecular complexity index is 788. The number of rotatable bonds is 3. The smallest absolute Gasteiger partial charge is 0.201 e. The summed E-state index contributed by atoms with van der Waals surface area (Å²) in [6.07, 6.45) is 3.22. The number of pyridine rings is 1. The Morgan fingerprint density at radius 3 is 2.32 bits per heavy atom. The van der Waals surface area contributed by atoms with Gasteiger partial charge in [-0.05, 0) is 41.7 Å². The first kappa shape index (κ1) is 14.5. The summed E-state index contributed by atoms with van der Waals surface area (Å²) in [7, 11) is 2.11. The summed E-state index contributed by atoms with van der Waals surface area (Å²) < 4.78 is 2.20. The van der Waals surface area contributed by atoms with E-state index in [1.165, 1.54) is 33.5 Å². The van der Waals surface area contributed by atoms with Gasteiger partial charge in [-0.3, -0.25) is 0 Å². The highest BCUT2D eigenvalue weighted by atomic mass is 14.9. The molecule has 110 valence electrons. The Balaban J connectivity index is 2.07. The first-order chi connectivity index (χ1) is 10.7.